The first-order valence-corrected chi connectivity index (χ1v) is 9.04. The molecule has 7 nitrogen and oxygen atoms in total. The van der Waals surface area contributed by atoms with Gasteiger partial charge < -0.3 is 9.47 Å². The Hall–Kier alpha value is -1.43. The lowest BCUT2D eigenvalue weighted by atomic mass is 10.3. The predicted octanol–water partition coefficient (Wildman–Crippen LogP) is 1.47. The van der Waals surface area contributed by atoms with Crippen LogP contribution in [-0.4, -0.2) is 55.8 Å². The van der Waals surface area contributed by atoms with Crippen molar-refractivity contribution in [1.29, 1.82) is 0 Å². The molecule has 1 saturated heterocycles. The molecule has 0 aliphatic carbocycles. The summed E-state index contributed by atoms with van der Waals surface area (Å²) in [5.41, 5.74) is 0.435. The molecule has 2 atom stereocenters. The lowest BCUT2D eigenvalue weighted by molar-refractivity contribution is -0.154. The molecule has 1 aromatic rings. The molecule has 1 fully saturated rings. The highest BCUT2D eigenvalue weighted by Crippen LogP contribution is 2.18. The maximum atomic E-state index is 12.4. The van der Waals surface area contributed by atoms with E-state index in [4.69, 9.17) is 4.74 Å². The topological polar surface area (TPSA) is 80.8 Å². The van der Waals surface area contributed by atoms with Gasteiger partial charge in [-0.15, -0.1) is 0 Å². The molecule has 0 spiro atoms. The number of halogens is 3. The second-order valence-corrected chi connectivity index (χ2v) is 7.56. The van der Waals surface area contributed by atoms with Gasteiger partial charge in [0.2, 0.25) is 5.88 Å². The van der Waals surface area contributed by atoms with Gasteiger partial charge in [-0.3, -0.25) is 0 Å². The number of hydrogen-bond donors (Lipinski definition) is 1. The molecule has 2 rings (SSSR count). The lowest BCUT2D eigenvalue weighted by Gasteiger charge is -2.34. The van der Waals surface area contributed by atoms with E-state index >= 15 is 0 Å². The number of rotatable bonds is 6. The Bertz CT molecular complexity index is 674. The molecule has 0 amide bonds. The number of pyridine rings is 1. The van der Waals surface area contributed by atoms with Gasteiger partial charge in [0, 0.05) is 31.9 Å². The Morgan fingerprint density at radius 2 is 2.00 bits per heavy atom. The Morgan fingerprint density at radius 3 is 2.60 bits per heavy atom. The van der Waals surface area contributed by atoms with E-state index in [1.54, 1.807) is 13.8 Å². The van der Waals surface area contributed by atoms with Crippen LogP contribution in [0.5, 0.6) is 5.88 Å². The maximum Gasteiger partial charge on any atom is 0.422 e. The maximum absolute atomic E-state index is 12.4. The van der Waals surface area contributed by atoms with Crippen molar-refractivity contribution in [1.82, 2.24) is 14.0 Å². The molecule has 11 heteroatoms. The number of nitrogens with one attached hydrogen (secondary N) is 1. The van der Waals surface area contributed by atoms with Crippen molar-refractivity contribution in [2.75, 3.05) is 19.7 Å². The summed E-state index contributed by atoms with van der Waals surface area (Å²) in [6, 6.07) is 2.76. The van der Waals surface area contributed by atoms with Crippen molar-refractivity contribution in [2.45, 2.75) is 38.8 Å². The zero-order chi connectivity index (χ0) is 18.7. The van der Waals surface area contributed by atoms with E-state index in [1.807, 2.05) is 0 Å². The Labute approximate surface area is 144 Å². The zero-order valence-corrected chi connectivity index (χ0v) is 14.6. The van der Waals surface area contributed by atoms with Gasteiger partial charge in [0.1, 0.15) is 0 Å². The first-order valence-electron chi connectivity index (χ1n) is 7.60. The highest BCUT2D eigenvalue weighted by molar-refractivity contribution is 7.87. The fourth-order valence-corrected chi connectivity index (χ4v) is 3.73. The highest BCUT2D eigenvalue weighted by atomic mass is 32.2. The van der Waals surface area contributed by atoms with Crippen LogP contribution >= 0.6 is 0 Å². The fraction of sp³-hybridized carbons (Fsp3) is 0.643. The Kier molecular flexibility index (Phi) is 6.25. The molecule has 1 aliphatic heterocycles. The van der Waals surface area contributed by atoms with Crippen LogP contribution in [-0.2, 0) is 21.5 Å². The molecule has 0 aromatic carbocycles. The van der Waals surface area contributed by atoms with Gasteiger partial charge in [-0.1, -0.05) is 0 Å². The van der Waals surface area contributed by atoms with Crippen molar-refractivity contribution >= 4 is 10.2 Å². The first kappa shape index (κ1) is 19.9. The Morgan fingerprint density at radius 1 is 1.36 bits per heavy atom. The summed E-state index contributed by atoms with van der Waals surface area (Å²) in [6.07, 6.45) is -3.65. The second-order valence-electron chi connectivity index (χ2n) is 5.81. The van der Waals surface area contributed by atoms with Crippen LogP contribution in [0.1, 0.15) is 19.4 Å². The smallest absolute Gasteiger partial charge is 0.422 e. The molecule has 25 heavy (non-hydrogen) atoms. The summed E-state index contributed by atoms with van der Waals surface area (Å²) < 4.78 is 74.9. The van der Waals surface area contributed by atoms with Crippen LogP contribution in [0.15, 0.2) is 18.3 Å². The minimum absolute atomic E-state index is 0.0899. The van der Waals surface area contributed by atoms with Gasteiger partial charge in [0.25, 0.3) is 10.2 Å². The molecule has 1 aliphatic rings. The molecule has 1 aromatic heterocycles. The third-order valence-corrected chi connectivity index (χ3v) is 4.85. The van der Waals surface area contributed by atoms with Gasteiger partial charge >= 0.3 is 6.18 Å². The van der Waals surface area contributed by atoms with Crippen LogP contribution in [0.25, 0.3) is 0 Å². The third-order valence-electron chi connectivity index (χ3n) is 3.37. The summed E-state index contributed by atoms with van der Waals surface area (Å²) in [4.78, 5) is 3.67. The first-order chi connectivity index (χ1) is 11.5. The van der Waals surface area contributed by atoms with Crippen LogP contribution in [0.2, 0.25) is 0 Å². The van der Waals surface area contributed by atoms with Crippen molar-refractivity contribution in [3.63, 3.8) is 0 Å². The van der Waals surface area contributed by atoms with Crippen LogP contribution in [0.3, 0.4) is 0 Å². The second kappa shape index (κ2) is 7.85. The Balaban J connectivity index is 1.96. The highest BCUT2D eigenvalue weighted by Gasteiger charge is 2.31. The largest absolute Gasteiger partial charge is 0.468 e. The van der Waals surface area contributed by atoms with Gasteiger partial charge in [-0.2, -0.15) is 30.6 Å². The minimum Gasteiger partial charge on any atom is -0.468 e. The average Bonchev–Trinajstić information content (AvgIpc) is 2.50. The van der Waals surface area contributed by atoms with Crippen LogP contribution in [0.4, 0.5) is 13.2 Å². The number of nitrogens with zero attached hydrogens (tertiary/aromatic N) is 2. The average molecular weight is 383 g/mol. The number of aromatic nitrogens is 1. The molecule has 0 radical (unpaired) electrons. The van der Waals surface area contributed by atoms with Crippen molar-refractivity contribution in [2.24, 2.45) is 0 Å². The van der Waals surface area contributed by atoms with Crippen LogP contribution in [0, 0.1) is 0 Å². The molecule has 1 N–H and O–H groups in total. The molecule has 2 heterocycles. The number of morpholine rings is 1. The van der Waals surface area contributed by atoms with Crippen LogP contribution < -0.4 is 9.46 Å². The van der Waals surface area contributed by atoms with E-state index in [1.165, 1.54) is 22.6 Å². The molecular weight excluding hydrogens is 363 g/mol. The fourth-order valence-electron chi connectivity index (χ4n) is 2.39. The minimum atomic E-state index is -4.47. The van der Waals surface area contributed by atoms with Crippen molar-refractivity contribution in [3.05, 3.63) is 23.9 Å². The van der Waals surface area contributed by atoms with E-state index < -0.39 is 23.0 Å². The lowest BCUT2D eigenvalue weighted by Crippen LogP contribution is -2.51. The number of hydrogen-bond acceptors (Lipinski definition) is 5. The zero-order valence-electron chi connectivity index (χ0n) is 13.8. The van der Waals surface area contributed by atoms with E-state index in [0.717, 1.165) is 0 Å². The summed E-state index contributed by atoms with van der Waals surface area (Å²) in [5, 5.41) is 0. The van der Waals surface area contributed by atoms with Crippen molar-refractivity contribution in [3.8, 4) is 5.88 Å². The predicted molar refractivity (Wildman–Crippen MR) is 83.1 cm³/mol. The number of alkyl halides is 3. The van der Waals surface area contributed by atoms with Crippen molar-refractivity contribution < 1.29 is 31.1 Å². The summed E-state index contributed by atoms with van der Waals surface area (Å²) in [6.45, 7) is 2.48. The summed E-state index contributed by atoms with van der Waals surface area (Å²) in [5.74, 6) is -0.220. The third kappa shape index (κ3) is 6.42. The van der Waals surface area contributed by atoms with Gasteiger partial charge in [-0.05, 0) is 25.5 Å². The standard InChI is InChI=1S/C14H20F3N3O4S/c1-10-7-20(8-11(2)24-10)25(21,22)19-6-12-3-4-18-13(5-12)23-9-14(15,16)17/h3-5,10-11,19H,6-9H2,1-2H3/t10-,11-/m0/s1. The summed E-state index contributed by atoms with van der Waals surface area (Å²) >= 11 is 0. The molecular formula is C14H20F3N3O4S. The van der Waals surface area contributed by atoms with E-state index in [-0.39, 0.29) is 37.7 Å². The quantitative estimate of drug-likeness (QED) is 0.805. The van der Waals surface area contributed by atoms with Gasteiger partial charge in [-0.25, -0.2) is 4.98 Å². The SMILES string of the molecule is C[C@H]1CN(S(=O)(=O)NCc2ccnc(OCC(F)(F)F)c2)C[C@H](C)O1. The molecule has 0 unspecified atom stereocenters. The van der Waals surface area contributed by atoms with E-state index in [0.29, 0.717) is 5.56 Å². The van der Waals surface area contributed by atoms with E-state index in [2.05, 4.69) is 14.4 Å². The molecule has 142 valence electrons. The summed E-state index contributed by atoms with van der Waals surface area (Å²) in [7, 11) is -3.73. The van der Waals surface area contributed by atoms with E-state index in [9.17, 15) is 21.6 Å². The van der Waals surface area contributed by atoms with Gasteiger partial charge in [0.15, 0.2) is 6.61 Å². The normalized spacial score (nSPS) is 22.8. The monoisotopic (exact) mass is 383 g/mol. The molecule has 0 bridgehead atoms. The molecule has 0 saturated carbocycles. The number of ether oxygens (including phenoxy) is 2. The van der Waals surface area contributed by atoms with Gasteiger partial charge in [0.05, 0.1) is 12.2 Å².